The highest BCUT2D eigenvalue weighted by molar-refractivity contribution is 5.85. The Morgan fingerprint density at radius 1 is 1.35 bits per heavy atom. The maximum Gasteiger partial charge on any atom is 0.356 e. The molecule has 0 aliphatic rings. The lowest BCUT2D eigenvalue weighted by atomic mass is 10.3. The highest BCUT2D eigenvalue weighted by Crippen LogP contribution is 2.23. The summed E-state index contributed by atoms with van der Waals surface area (Å²) in [5.74, 6) is -1.16. The van der Waals surface area contributed by atoms with Gasteiger partial charge in [0, 0.05) is 11.8 Å². The van der Waals surface area contributed by atoms with Gasteiger partial charge in [-0.15, -0.1) is 10.2 Å². The quantitative estimate of drug-likeness (QED) is 0.873. The number of aromatic carboxylic acids is 1. The number of anilines is 2. The number of carbonyl (C=O) groups is 1. The molecule has 7 heteroatoms. The summed E-state index contributed by atoms with van der Waals surface area (Å²) in [4.78, 5) is 10.6. The van der Waals surface area contributed by atoms with Crippen molar-refractivity contribution in [2.45, 2.75) is 6.92 Å². The predicted molar refractivity (Wildman–Crippen MR) is 69.8 cm³/mol. The normalized spacial score (nSPS) is 10.1. The number of nitrogens with zero attached hydrogens (tertiary/aromatic N) is 2. The van der Waals surface area contributed by atoms with Gasteiger partial charge in [-0.05, 0) is 31.2 Å². The van der Waals surface area contributed by atoms with Crippen LogP contribution in [0, 0.1) is 5.82 Å². The van der Waals surface area contributed by atoms with Crippen molar-refractivity contribution in [1.82, 2.24) is 10.2 Å². The van der Waals surface area contributed by atoms with Crippen molar-refractivity contribution >= 4 is 17.5 Å². The molecule has 0 spiro atoms. The molecule has 1 aromatic carbocycles. The molecule has 0 aliphatic carbocycles. The Morgan fingerprint density at radius 3 is 2.70 bits per heavy atom. The van der Waals surface area contributed by atoms with Crippen LogP contribution in [0.1, 0.15) is 17.4 Å². The number of nitrogens with one attached hydrogen (secondary N) is 1. The van der Waals surface area contributed by atoms with E-state index in [4.69, 9.17) is 9.84 Å². The molecule has 0 amide bonds. The number of hydrogen-bond acceptors (Lipinski definition) is 5. The summed E-state index contributed by atoms with van der Waals surface area (Å²) in [6.07, 6.45) is 0. The van der Waals surface area contributed by atoms with E-state index < -0.39 is 11.8 Å². The average Bonchev–Trinajstić information content (AvgIpc) is 2.42. The lowest BCUT2D eigenvalue weighted by Gasteiger charge is -2.08. The van der Waals surface area contributed by atoms with Gasteiger partial charge >= 0.3 is 5.97 Å². The highest BCUT2D eigenvalue weighted by Gasteiger charge is 2.07. The Morgan fingerprint density at radius 2 is 2.15 bits per heavy atom. The van der Waals surface area contributed by atoms with Crippen LogP contribution in [-0.2, 0) is 0 Å². The van der Waals surface area contributed by atoms with E-state index in [1.54, 1.807) is 13.0 Å². The molecule has 0 unspecified atom stereocenters. The molecule has 0 fully saturated rings. The van der Waals surface area contributed by atoms with Gasteiger partial charge in [-0.3, -0.25) is 0 Å². The molecule has 2 rings (SSSR count). The molecule has 0 saturated carbocycles. The first-order chi connectivity index (χ1) is 9.60. The maximum absolute atomic E-state index is 13.6. The van der Waals surface area contributed by atoms with Crippen LogP contribution in [0.3, 0.4) is 0 Å². The number of rotatable bonds is 5. The van der Waals surface area contributed by atoms with E-state index in [0.717, 1.165) is 0 Å². The Bertz CT molecular complexity index is 617. The van der Waals surface area contributed by atoms with Crippen LogP contribution in [0.25, 0.3) is 0 Å². The molecule has 0 bridgehead atoms. The second kappa shape index (κ2) is 5.96. The number of aromatic nitrogens is 2. The lowest BCUT2D eigenvalue weighted by Crippen LogP contribution is -2.03. The number of benzene rings is 1. The van der Waals surface area contributed by atoms with E-state index >= 15 is 0 Å². The molecule has 2 N–H and O–H groups in total. The zero-order valence-corrected chi connectivity index (χ0v) is 10.6. The van der Waals surface area contributed by atoms with Crippen LogP contribution in [0.4, 0.5) is 15.9 Å². The third kappa shape index (κ3) is 3.19. The SMILES string of the molecule is CCOc1ccc(Nc2ccc(C(=O)O)nn2)cc1F. The van der Waals surface area contributed by atoms with Crippen LogP contribution in [0.15, 0.2) is 30.3 Å². The van der Waals surface area contributed by atoms with Crippen molar-refractivity contribution in [1.29, 1.82) is 0 Å². The highest BCUT2D eigenvalue weighted by atomic mass is 19.1. The van der Waals surface area contributed by atoms with Crippen LogP contribution in [0.5, 0.6) is 5.75 Å². The molecule has 0 saturated heterocycles. The van der Waals surface area contributed by atoms with Gasteiger partial charge in [0.15, 0.2) is 23.1 Å². The van der Waals surface area contributed by atoms with Crippen LogP contribution < -0.4 is 10.1 Å². The summed E-state index contributed by atoms with van der Waals surface area (Å²) < 4.78 is 18.7. The van der Waals surface area contributed by atoms with E-state index in [1.165, 1.54) is 24.3 Å². The molecule has 104 valence electrons. The van der Waals surface area contributed by atoms with Gasteiger partial charge < -0.3 is 15.2 Å². The zero-order chi connectivity index (χ0) is 14.5. The minimum Gasteiger partial charge on any atom is -0.491 e. The summed E-state index contributed by atoms with van der Waals surface area (Å²) in [6, 6.07) is 7.15. The van der Waals surface area contributed by atoms with Gasteiger partial charge in [0.1, 0.15) is 0 Å². The van der Waals surface area contributed by atoms with Crippen molar-refractivity contribution in [2.75, 3.05) is 11.9 Å². The molecule has 2 aromatic rings. The Balaban J connectivity index is 2.13. The predicted octanol–water partition coefficient (Wildman–Crippen LogP) is 2.46. The second-order valence-electron chi connectivity index (χ2n) is 3.81. The lowest BCUT2D eigenvalue weighted by molar-refractivity contribution is 0.0689. The van der Waals surface area contributed by atoms with Crippen molar-refractivity contribution in [2.24, 2.45) is 0 Å². The summed E-state index contributed by atoms with van der Waals surface area (Å²) in [6.45, 7) is 2.15. The number of carboxylic acid groups (broad SMARTS) is 1. The van der Waals surface area contributed by atoms with Gasteiger partial charge in [-0.1, -0.05) is 0 Å². The Kier molecular flexibility index (Phi) is 4.09. The van der Waals surface area contributed by atoms with Crippen LogP contribution >= 0.6 is 0 Å². The van der Waals surface area contributed by atoms with Crippen molar-refractivity contribution in [3.63, 3.8) is 0 Å². The number of halogens is 1. The standard InChI is InChI=1S/C13H12FN3O3/c1-2-20-11-5-3-8(7-9(11)14)15-12-6-4-10(13(18)19)16-17-12/h3-7H,2H2,1H3,(H,15,17)(H,18,19). The zero-order valence-electron chi connectivity index (χ0n) is 10.6. The molecule has 6 nitrogen and oxygen atoms in total. The van der Waals surface area contributed by atoms with E-state index in [2.05, 4.69) is 15.5 Å². The average molecular weight is 277 g/mol. The van der Waals surface area contributed by atoms with E-state index in [0.29, 0.717) is 18.1 Å². The molecular weight excluding hydrogens is 265 g/mol. The molecule has 0 atom stereocenters. The number of hydrogen-bond donors (Lipinski definition) is 2. The smallest absolute Gasteiger partial charge is 0.356 e. The first kappa shape index (κ1) is 13.7. The van der Waals surface area contributed by atoms with E-state index in [-0.39, 0.29) is 11.4 Å². The topological polar surface area (TPSA) is 84.3 Å². The minimum absolute atomic E-state index is 0.159. The number of carboxylic acids is 1. The fraction of sp³-hybridized carbons (Fsp3) is 0.154. The first-order valence-corrected chi connectivity index (χ1v) is 5.86. The van der Waals surface area contributed by atoms with Crippen LogP contribution in [-0.4, -0.2) is 27.9 Å². The largest absolute Gasteiger partial charge is 0.491 e. The molecular formula is C13H12FN3O3. The minimum atomic E-state index is -1.16. The summed E-state index contributed by atoms with van der Waals surface area (Å²) in [5, 5.41) is 18.7. The summed E-state index contributed by atoms with van der Waals surface area (Å²) in [7, 11) is 0. The molecule has 1 aromatic heterocycles. The van der Waals surface area contributed by atoms with Gasteiger partial charge in [-0.25, -0.2) is 9.18 Å². The van der Waals surface area contributed by atoms with Crippen molar-refractivity contribution in [3.05, 3.63) is 41.8 Å². The van der Waals surface area contributed by atoms with E-state index in [9.17, 15) is 9.18 Å². The Hall–Kier alpha value is -2.70. The number of ether oxygens (including phenoxy) is 1. The van der Waals surface area contributed by atoms with Gasteiger partial charge in [0.25, 0.3) is 0 Å². The molecule has 1 heterocycles. The third-order valence-corrected chi connectivity index (χ3v) is 2.39. The van der Waals surface area contributed by atoms with E-state index in [1.807, 2.05) is 0 Å². The fourth-order valence-electron chi connectivity index (χ4n) is 1.51. The van der Waals surface area contributed by atoms with Gasteiger partial charge in [0.05, 0.1) is 6.61 Å². The van der Waals surface area contributed by atoms with Crippen molar-refractivity contribution < 1.29 is 19.0 Å². The van der Waals surface area contributed by atoms with Crippen molar-refractivity contribution in [3.8, 4) is 5.75 Å². The first-order valence-electron chi connectivity index (χ1n) is 5.86. The van der Waals surface area contributed by atoms with Gasteiger partial charge in [0.2, 0.25) is 0 Å². The van der Waals surface area contributed by atoms with Crippen LogP contribution in [0.2, 0.25) is 0 Å². The monoisotopic (exact) mass is 277 g/mol. The molecule has 0 aliphatic heterocycles. The summed E-state index contributed by atoms with van der Waals surface area (Å²) in [5.41, 5.74) is 0.303. The fourth-order valence-corrected chi connectivity index (χ4v) is 1.51. The van der Waals surface area contributed by atoms with Gasteiger partial charge in [-0.2, -0.15) is 0 Å². The third-order valence-electron chi connectivity index (χ3n) is 2.39. The maximum atomic E-state index is 13.6. The molecule has 0 radical (unpaired) electrons. The second-order valence-corrected chi connectivity index (χ2v) is 3.81. The molecule has 20 heavy (non-hydrogen) atoms. The summed E-state index contributed by atoms with van der Waals surface area (Å²) >= 11 is 0. The Labute approximate surface area is 114 Å².